The molecule has 0 amide bonds. The van der Waals surface area contributed by atoms with Crippen molar-refractivity contribution in [2.24, 2.45) is 0 Å². The monoisotopic (exact) mass is 1050 g/mol. The summed E-state index contributed by atoms with van der Waals surface area (Å²) < 4.78 is 2.24. The molecule has 0 unspecified atom stereocenters. The van der Waals surface area contributed by atoms with Gasteiger partial charge in [-0.25, -0.2) is 9.97 Å². The molecule has 12 aromatic rings. The van der Waals surface area contributed by atoms with Crippen molar-refractivity contribution >= 4 is 43.1 Å². The van der Waals surface area contributed by atoms with Gasteiger partial charge in [-0.05, 0) is 150 Å². The van der Waals surface area contributed by atoms with E-state index in [1.807, 2.05) is 60.7 Å². The van der Waals surface area contributed by atoms with Gasteiger partial charge in [-0.2, -0.15) is 0 Å². The first-order valence-electron chi connectivity index (χ1n) is 25.1. The van der Waals surface area contributed by atoms with Gasteiger partial charge in [-0.1, -0.05) is 185 Å². The quantitative estimate of drug-likeness (QED) is 0.163. The molecule has 0 fully saturated rings. The summed E-state index contributed by atoms with van der Waals surface area (Å²) in [6.07, 6.45) is 0. The molecule has 2 aromatic heterocycles. The maximum absolute atomic E-state index is 10.6. The van der Waals surface area contributed by atoms with Crippen LogP contribution in [0.3, 0.4) is 0 Å². The van der Waals surface area contributed by atoms with E-state index in [9.17, 15) is 10.2 Å². The Balaban J connectivity index is 0.000000150. The van der Waals surface area contributed by atoms with Crippen LogP contribution in [0.4, 0.5) is 0 Å². The van der Waals surface area contributed by atoms with Gasteiger partial charge in [0.05, 0.1) is 31.6 Å². The van der Waals surface area contributed by atoms with Crippen molar-refractivity contribution in [2.45, 2.75) is 38.5 Å². The van der Waals surface area contributed by atoms with Crippen molar-refractivity contribution in [1.82, 2.24) is 9.97 Å². The van der Waals surface area contributed by atoms with Crippen LogP contribution < -0.4 is 0 Å². The third-order valence-electron chi connectivity index (χ3n) is 15.3. The molecule has 0 aliphatic heterocycles. The van der Waals surface area contributed by atoms with Crippen LogP contribution in [0.5, 0.6) is 11.5 Å². The number of fused-ring (bicyclic) bond motifs is 8. The van der Waals surface area contributed by atoms with Crippen molar-refractivity contribution in [3.8, 4) is 99.4 Å². The second-order valence-electron chi connectivity index (χ2n) is 20.5. The van der Waals surface area contributed by atoms with E-state index >= 15 is 0 Å². The van der Waals surface area contributed by atoms with Gasteiger partial charge in [0.2, 0.25) is 0 Å². The van der Waals surface area contributed by atoms with E-state index in [0.717, 1.165) is 63.8 Å². The number of nitrogens with zero attached hydrogens (tertiary/aromatic N) is 2. The number of aromatic nitrogens is 2. The fourth-order valence-corrected chi connectivity index (χ4v) is 13.2. The smallest absolute Gasteiger partial charge is 0.128 e. The first-order chi connectivity index (χ1) is 36.0. The van der Waals surface area contributed by atoms with E-state index in [2.05, 4.69) is 173 Å². The van der Waals surface area contributed by atoms with Crippen molar-refractivity contribution in [3.05, 3.63) is 241 Å². The van der Waals surface area contributed by atoms with Crippen LogP contribution in [-0.4, -0.2) is 20.2 Å². The van der Waals surface area contributed by atoms with Crippen molar-refractivity contribution in [2.75, 3.05) is 0 Å². The van der Waals surface area contributed by atoms with Gasteiger partial charge in [0.15, 0.2) is 0 Å². The standard InChI is InChI=1S/2C34H25NOS.Zn/c2*1-34(2)28-8-4-3-7-25(28)26-17-15-24(20-29(26)34)22-13-11-21(12-14-22)23-16-18-31(36)27(19-23)33-35-30-9-5-6-10-32(30)37-33;/h2*3-20,36H,1-2H3;. The summed E-state index contributed by atoms with van der Waals surface area (Å²) in [7, 11) is 0. The second kappa shape index (κ2) is 18.8. The SMILES string of the molecule is CC1(C)c2ccccc2-c2ccc(-c3ccc(-c4ccc(O)c(-c5nc6ccccc6s5)c4)cc3)cc21.CC1(C)c2ccccc2-c2ccc(-c3ccc(-c4ccc(O)c(-c5nc6ccccc6s5)c4)cc3)cc21.[Zn]. The minimum Gasteiger partial charge on any atom is -0.507 e. The Morgan fingerprint density at radius 2 is 0.613 bits per heavy atom. The molecule has 14 rings (SSSR count). The number of thiazole rings is 2. The van der Waals surface area contributed by atoms with Crippen LogP contribution in [0.2, 0.25) is 0 Å². The maximum Gasteiger partial charge on any atom is 0.128 e. The third-order valence-corrected chi connectivity index (χ3v) is 17.5. The van der Waals surface area contributed by atoms with Gasteiger partial charge >= 0.3 is 0 Å². The van der Waals surface area contributed by atoms with Crippen molar-refractivity contribution in [3.63, 3.8) is 0 Å². The first kappa shape index (κ1) is 48.2. The topological polar surface area (TPSA) is 66.2 Å². The summed E-state index contributed by atoms with van der Waals surface area (Å²) in [5.41, 5.74) is 23.6. The van der Waals surface area contributed by atoms with E-state index in [1.54, 1.807) is 34.8 Å². The van der Waals surface area contributed by atoms with Crippen LogP contribution in [-0.2, 0) is 30.3 Å². The average Bonchev–Trinajstić information content (AvgIpc) is 4.20. The van der Waals surface area contributed by atoms with Gasteiger partial charge in [0.1, 0.15) is 21.5 Å². The Labute approximate surface area is 458 Å². The molecule has 2 aliphatic rings. The zero-order chi connectivity index (χ0) is 50.3. The molecule has 75 heavy (non-hydrogen) atoms. The molecule has 0 spiro atoms. The maximum atomic E-state index is 10.6. The second-order valence-corrected chi connectivity index (χ2v) is 22.5. The number of para-hydroxylation sites is 2. The van der Waals surface area contributed by atoms with E-state index in [4.69, 9.17) is 9.97 Å². The Morgan fingerprint density at radius 1 is 0.307 bits per heavy atom. The molecule has 4 nitrogen and oxygen atoms in total. The molecule has 2 heterocycles. The van der Waals surface area contributed by atoms with Crippen LogP contribution >= 0.6 is 22.7 Å². The third kappa shape index (κ3) is 8.40. The molecule has 2 aliphatic carbocycles. The molecule has 10 aromatic carbocycles. The van der Waals surface area contributed by atoms with Gasteiger partial charge < -0.3 is 10.2 Å². The predicted octanol–water partition coefficient (Wildman–Crippen LogP) is 18.6. The van der Waals surface area contributed by atoms with Crippen molar-refractivity contribution < 1.29 is 29.7 Å². The van der Waals surface area contributed by atoms with Gasteiger partial charge in [0, 0.05) is 30.3 Å². The van der Waals surface area contributed by atoms with E-state index in [1.165, 1.54) is 66.8 Å². The summed E-state index contributed by atoms with van der Waals surface area (Å²) >= 11 is 3.20. The minimum atomic E-state index is -0.00898. The minimum absolute atomic E-state index is 0. The molecule has 7 heteroatoms. The average molecular weight is 1060 g/mol. The van der Waals surface area contributed by atoms with Crippen molar-refractivity contribution in [1.29, 1.82) is 0 Å². The van der Waals surface area contributed by atoms with E-state index in [0.29, 0.717) is 0 Å². The molecule has 2 N–H and O–H groups in total. The number of benzene rings is 10. The summed E-state index contributed by atoms with van der Waals surface area (Å²) in [6.45, 7) is 9.27. The Hall–Kier alpha value is -7.80. The normalized spacial score (nSPS) is 13.3. The van der Waals surface area contributed by atoms with Gasteiger partial charge in [-0.15, -0.1) is 22.7 Å². The Bertz CT molecular complexity index is 3830. The molecular weight excluding hydrogens is 1010 g/mol. The molecular formula is C68H50N2O2S2Zn. The molecule has 0 atom stereocenters. The summed E-state index contributed by atoms with van der Waals surface area (Å²) in [6, 6.07) is 76.4. The van der Waals surface area contributed by atoms with Gasteiger partial charge in [0.25, 0.3) is 0 Å². The van der Waals surface area contributed by atoms with Gasteiger partial charge in [-0.3, -0.25) is 0 Å². The Kier molecular flexibility index (Phi) is 12.1. The van der Waals surface area contributed by atoms with Crippen LogP contribution in [0.1, 0.15) is 49.9 Å². The fraction of sp³-hybridized carbons (Fsp3) is 0.0882. The van der Waals surface area contributed by atoms with E-state index in [-0.39, 0.29) is 41.8 Å². The largest absolute Gasteiger partial charge is 0.507 e. The summed E-state index contributed by atoms with van der Waals surface area (Å²) in [5.74, 6) is 0.502. The number of hydrogen-bond donors (Lipinski definition) is 2. The van der Waals surface area contributed by atoms with Crippen LogP contribution in [0.25, 0.3) is 108 Å². The molecule has 0 bridgehead atoms. The van der Waals surface area contributed by atoms with Crippen LogP contribution in [0.15, 0.2) is 218 Å². The molecule has 358 valence electrons. The summed E-state index contributed by atoms with van der Waals surface area (Å²) in [4.78, 5) is 9.49. The van der Waals surface area contributed by atoms with E-state index < -0.39 is 0 Å². The zero-order valence-corrected chi connectivity index (χ0v) is 46.7. The zero-order valence-electron chi connectivity index (χ0n) is 42.1. The number of hydrogen-bond acceptors (Lipinski definition) is 6. The Morgan fingerprint density at radius 3 is 1.00 bits per heavy atom. The number of phenolic OH excluding ortho intramolecular Hbond substituents is 2. The number of phenols is 2. The molecule has 0 saturated carbocycles. The predicted molar refractivity (Wildman–Crippen MR) is 310 cm³/mol. The number of aromatic hydroxyl groups is 2. The summed E-state index contributed by atoms with van der Waals surface area (Å²) in [5, 5.41) is 22.9. The van der Waals surface area contributed by atoms with Crippen LogP contribution in [0, 0.1) is 0 Å². The molecule has 0 saturated heterocycles. The molecule has 0 radical (unpaired) electrons. The fourth-order valence-electron chi connectivity index (χ4n) is 11.2. The number of rotatable bonds is 6. The first-order valence-corrected chi connectivity index (χ1v) is 26.7.